The fourth-order valence-corrected chi connectivity index (χ4v) is 3.10. The zero-order valence-electron chi connectivity index (χ0n) is 13.6. The highest BCUT2D eigenvalue weighted by atomic mass is 32.2. The molecule has 7 nitrogen and oxygen atoms in total. The van der Waals surface area contributed by atoms with Gasteiger partial charge in [0.25, 0.3) is 0 Å². The van der Waals surface area contributed by atoms with Crippen LogP contribution in [0.1, 0.15) is 6.92 Å². The van der Waals surface area contributed by atoms with Crippen LogP contribution in [-0.4, -0.2) is 36.5 Å². The maximum absolute atomic E-state index is 12.1. The minimum absolute atomic E-state index is 0.0698. The molecule has 128 valence electrons. The first-order valence-electron chi connectivity index (χ1n) is 7.73. The second-order valence-electron chi connectivity index (χ2n) is 5.16. The van der Waals surface area contributed by atoms with Gasteiger partial charge in [0, 0.05) is 30.1 Å². The predicted octanol–water partition coefficient (Wildman–Crippen LogP) is 2.80. The van der Waals surface area contributed by atoms with Gasteiger partial charge in [0.2, 0.25) is 11.8 Å². The van der Waals surface area contributed by atoms with Crippen LogP contribution in [0.2, 0.25) is 0 Å². The Morgan fingerprint density at radius 1 is 1.24 bits per heavy atom. The average Bonchev–Trinajstić information content (AvgIpc) is 3.04. The van der Waals surface area contributed by atoms with Crippen molar-refractivity contribution in [3.05, 3.63) is 48.7 Å². The number of hydrogen-bond donors (Lipinski definition) is 2. The molecule has 3 rings (SSSR count). The number of carbonyl (C=O) groups excluding carboxylic acids is 1. The molecule has 1 aromatic carbocycles. The van der Waals surface area contributed by atoms with E-state index in [0.29, 0.717) is 17.5 Å². The van der Waals surface area contributed by atoms with E-state index in [2.05, 4.69) is 20.5 Å². The lowest BCUT2D eigenvalue weighted by molar-refractivity contribution is -0.113. The van der Waals surface area contributed by atoms with Crippen LogP contribution in [0, 0.1) is 0 Å². The van der Waals surface area contributed by atoms with E-state index in [1.165, 1.54) is 24.0 Å². The van der Waals surface area contributed by atoms with Gasteiger partial charge in [-0.15, -0.1) is 10.2 Å². The molecule has 2 N–H and O–H groups in total. The third-order valence-electron chi connectivity index (χ3n) is 3.43. The summed E-state index contributed by atoms with van der Waals surface area (Å²) in [4.78, 5) is 15.8. The molecule has 0 atom stereocenters. The lowest BCUT2D eigenvalue weighted by Crippen LogP contribution is -2.14. The van der Waals surface area contributed by atoms with Crippen LogP contribution in [0.3, 0.4) is 0 Å². The number of pyridine rings is 1. The quantitative estimate of drug-likeness (QED) is 0.661. The number of rotatable bonds is 6. The Kier molecular flexibility index (Phi) is 5.30. The molecule has 2 heterocycles. The molecular weight excluding hydrogens is 338 g/mol. The van der Waals surface area contributed by atoms with Crippen molar-refractivity contribution in [3.8, 4) is 17.3 Å². The maximum Gasteiger partial charge on any atom is 0.234 e. The van der Waals surface area contributed by atoms with Crippen molar-refractivity contribution in [2.45, 2.75) is 18.6 Å². The van der Waals surface area contributed by atoms with Gasteiger partial charge in [0.05, 0.1) is 5.75 Å². The lowest BCUT2D eigenvalue weighted by Gasteiger charge is -2.08. The number of nitrogens with zero attached hydrogens (tertiary/aromatic N) is 4. The average molecular weight is 355 g/mol. The van der Waals surface area contributed by atoms with Crippen LogP contribution in [0.25, 0.3) is 11.4 Å². The minimum Gasteiger partial charge on any atom is -0.493 e. The second-order valence-corrected chi connectivity index (χ2v) is 6.10. The number of nitrogens with one attached hydrogen (secondary N) is 1. The third kappa shape index (κ3) is 4.16. The van der Waals surface area contributed by atoms with Crippen LogP contribution >= 0.6 is 11.8 Å². The molecule has 0 aliphatic rings. The van der Waals surface area contributed by atoms with Crippen LogP contribution in [-0.2, 0) is 11.3 Å². The smallest absolute Gasteiger partial charge is 0.234 e. The number of aromatic nitrogens is 4. The fraction of sp³-hybridized carbons (Fsp3) is 0.176. The summed E-state index contributed by atoms with van der Waals surface area (Å²) in [6, 6.07) is 12.6. The van der Waals surface area contributed by atoms with Crippen molar-refractivity contribution in [2.75, 3.05) is 11.1 Å². The first-order valence-corrected chi connectivity index (χ1v) is 8.72. The maximum atomic E-state index is 12.1. The van der Waals surface area contributed by atoms with Crippen molar-refractivity contribution >= 4 is 23.4 Å². The summed E-state index contributed by atoms with van der Waals surface area (Å²) in [7, 11) is 0. The first kappa shape index (κ1) is 17.0. The lowest BCUT2D eigenvalue weighted by atomic mass is 10.2. The molecule has 0 saturated carbocycles. The molecule has 0 aliphatic heterocycles. The SMILES string of the molecule is CCn1c(SCC(=O)Nc2ccccc2)nnc1-c1ccnc(O)c1. The summed E-state index contributed by atoms with van der Waals surface area (Å²) in [5.41, 5.74) is 1.49. The van der Waals surface area contributed by atoms with Gasteiger partial charge in [-0.3, -0.25) is 4.79 Å². The number of amides is 1. The van der Waals surface area contributed by atoms with E-state index in [1.807, 2.05) is 41.8 Å². The molecule has 25 heavy (non-hydrogen) atoms. The van der Waals surface area contributed by atoms with Gasteiger partial charge in [-0.1, -0.05) is 30.0 Å². The number of aromatic hydroxyl groups is 1. The largest absolute Gasteiger partial charge is 0.493 e. The van der Waals surface area contributed by atoms with Gasteiger partial charge < -0.3 is 15.0 Å². The summed E-state index contributed by atoms with van der Waals surface area (Å²) in [5.74, 6) is 0.685. The molecule has 0 aliphatic carbocycles. The number of hydrogen-bond acceptors (Lipinski definition) is 6. The Labute approximate surface area is 149 Å². The highest BCUT2D eigenvalue weighted by Crippen LogP contribution is 2.25. The Morgan fingerprint density at radius 2 is 2.04 bits per heavy atom. The number of thioether (sulfide) groups is 1. The van der Waals surface area contributed by atoms with E-state index in [9.17, 15) is 9.90 Å². The van der Waals surface area contributed by atoms with Crippen LogP contribution in [0.5, 0.6) is 5.88 Å². The summed E-state index contributed by atoms with van der Waals surface area (Å²) in [5, 5.41) is 21.4. The highest BCUT2D eigenvalue weighted by Gasteiger charge is 2.15. The monoisotopic (exact) mass is 355 g/mol. The number of para-hydroxylation sites is 1. The van der Waals surface area contributed by atoms with Gasteiger partial charge in [0.15, 0.2) is 11.0 Å². The molecule has 8 heteroatoms. The minimum atomic E-state index is -0.107. The Bertz CT molecular complexity index is 866. The summed E-state index contributed by atoms with van der Waals surface area (Å²) in [6.45, 7) is 2.62. The van der Waals surface area contributed by atoms with Gasteiger partial charge in [-0.05, 0) is 25.1 Å². The number of carbonyl (C=O) groups is 1. The highest BCUT2D eigenvalue weighted by molar-refractivity contribution is 7.99. The third-order valence-corrected chi connectivity index (χ3v) is 4.39. The zero-order valence-corrected chi connectivity index (χ0v) is 14.4. The molecule has 0 saturated heterocycles. The number of anilines is 1. The zero-order chi connectivity index (χ0) is 17.6. The van der Waals surface area contributed by atoms with E-state index in [0.717, 1.165) is 11.3 Å². The van der Waals surface area contributed by atoms with Crippen molar-refractivity contribution in [1.29, 1.82) is 0 Å². The Morgan fingerprint density at radius 3 is 2.76 bits per heavy atom. The van der Waals surface area contributed by atoms with Gasteiger partial charge >= 0.3 is 0 Å². The van der Waals surface area contributed by atoms with E-state index in [4.69, 9.17) is 0 Å². The molecule has 0 radical (unpaired) electrons. The summed E-state index contributed by atoms with van der Waals surface area (Å²) in [6.07, 6.45) is 1.51. The molecular formula is C17H17N5O2S. The molecule has 3 aromatic rings. The van der Waals surface area contributed by atoms with Gasteiger partial charge in [-0.25, -0.2) is 4.98 Å². The topological polar surface area (TPSA) is 92.9 Å². The van der Waals surface area contributed by atoms with Crippen molar-refractivity contribution in [2.24, 2.45) is 0 Å². The van der Waals surface area contributed by atoms with E-state index >= 15 is 0 Å². The van der Waals surface area contributed by atoms with Gasteiger partial charge in [-0.2, -0.15) is 0 Å². The van der Waals surface area contributed by atoms with E-state index in [1.54, 1.807) is 6.07 Å². The van der Waals surface area contributed by atoms with Crippen LogP contribution in [0.15, 0.2) is 53.8 Å². The second kappa shape index (κ2) is 7.80. The van der Waals surface area contributed by atoms with E-state index in [-0.39, 0.29) is 17.5 Å². The van der Waals surface area contributed by atoms with E-state index < -0.39 is 0 Å². The predicted molar refractivity (Wildman–Crippen MR) is 96.4 cm³/mol. The Hall–Kier alpha value is -2.87. The molecule has 0 spiro atoms. The standard InChI is InChI=1S/C17H17N5O2S/c1-2-22-16(12-8-9-18-14(23)10-12)20-21-17(22)25-11-15(24)19-13-6-4-3-5-7-13/h3-10H,2,11H2,1H3,(H,18,23)(H,19,24). The van der Waals surface area contributed by atoms with Crippen LogP contribution < -0.4 is 5.32 Å². The first-order chi connectivity index (χ1) is 12.2. The molecule has 0 unspecified atom stereocenters. The van der Waals surface area contributed by atoms with Crippen molar-refractivity contribution in [1.82, 2.24) is 19.7 Å². The molecule has 2 aromatic heterocycles. The van der Waals surface area contributed by atoms with Gasteiger partial charge in [0.1, 0.15) is 0 Å². The van der Waals surface area contributed by atoms with Crippen molar-refractivity contribution in [3.63, 3.8) is 0 Å². The molecule has 0 fully saturated rings. The number of benzene rings is 1. The van der Waals surface area contributed by atoms with Crippen molar-refractivity contribution < 1.29 is 9.90 Å². The fourth-order valence-electron chi connectivity index (χ4n) is 2.30. The normalized spacial score (nSPS) is 10.6. The summed E-state index contributed by atoms with van der Waals surface area (Å²) < 4.78 is 1.90. The Balaban J connectivity index is 1.70. The van der Waals surface area contributed by atoms with Crippen LogP contribution in [0.4, 0.5) is 5.69 Å². The summed E-state index contributed by atoms with van der Waals surface area (Å²) >= 11 is 1.32. The molecule has 1 amide bonds. The molecule has 0 bridgehead atoms.